The summed E-state index contributed by atoms with van der Waals surface area (Å²) in [5, 5.41) is 4.31. The SMILES string of the molecule is CCOc1ccc(-c2ccc(=O)n(Cc3ccc(F)c(F)c3)n2)cc1. The third kappa shape index (κ3) is 3.91. The molecule has 0 aliphatic heterocycles. The average molecular weight is 342 g/mol. The van der Waals surface area contributed by atoms with Crippen molar-refractivity contribution in [3.8, 4) is 17.0 Å². The summed E-state index contributed by atoms with van der Waals surface area (Å²) in [6, 6.07) is 13.9. The van der Waals surface area contributed by atoms with Gasteiger partial charge < -0.3 is 4.74 Å². The van der Waals surface area contributed by atoms with Gasteiger partial charge >= 0.3 is 0 Å². The van der Waals surface area contributed by atoms with Crippen molar-refractivity contribution < 1.29 is 13.5 Å². The molecule has 25 heavy (non-hydrogen) atoms. The first-order chi connectivity index (χ1) is 12.1. The molecule has 0 amide bonds. The van der Waals surface area contributed by atoms with E-state index in [0.29, 0.717) is 17.9 Å². The predicted octanol–water partition coefficient (Wildman–Crippen LogP) is 3.64. The van der Waals surface area contributed by atoms with E-state index in [1.165, 1.54) is 16.8 Å². The molecule has 0 aliphatic carbocycles. The molecule has 0 radical (unpaired) electrons. The van der Waals surface area contributed by atoms with Crippen LogP contribution in [0.1, 0.15) is 12.5 Å². The van der Waals surface area contributed by atoms with Gasteiger partial charge in [-0.3, -0.25) is 4.79 Å². The number of hydrogen-bond acceptors (Lipinski definition) is 3. The maximum atomic E-state index is 13.3. The molecular weight excluding hydrogens is 326 g/mol. The zero-order chi connectivity index (χ0) is 17.8. The van der Waals surface area contributed by atoms with Crippen molar-refractivity contribution in [2.75, 3.05) is 6.61 Å². The average Bonchev–Trinajstić information content (AvgIpc) is 2.61. The number of rotatable bonds is 5. The maximum Gasteiger partial charge on any atom is 0.267 e. The smallest absolute Gasteiger partial charge is 0.267 e. The summed E-state index contributed by atoms with van der Waals surface area (Å²) < 4.78 is 33.0. The summed E-state index contributed by atoms with van der Waals surface area (Å²) in [6.45, 7) is 2.54. The summed E-state index contributed by atoms with van der Waals surface area (Å²) in [5.74, 6) is -1.12. The van der Waals surface area contributed by atoms with E-state index >= 15 is 0 Å². The fraction of sp³-hybridized carbons (Fsp3) is 0.158. The Bertz CT molecular complexity index is 937. The summed E-state index contributed by atoms with van der Waals surface area (Å²) in [6.07, 6.45) is 0. The van der Waals surface area contributed by atoms with Gasteiger partial charge in [0, 0.05) is 11.6 Å². The minimum atomic E-state index is -0.951. The molecule has 0 bridgehead atoms. The van der Waals surface area contributed by atoms with Crippen LogP contribution in [0.4, 0.5) is 8.78 Å². The first-order valence-electron chi connectivity index (χ1n) is 7.82. The molecule has 0 aliphatic rings. The molecule has 0 spiro atoms. The maximum absolute atomic E-state index is 13.3. The van der Waals surface area contributed by atoms with Crippen molar-refractivity contribution >= 4 is 0 Å². The van der Waals surface area contributed by atoms with Crippen molar-refractivity contribution in [3.63, 3.8) is 0 Å². The van der Waals surface area contributed by atoms with Gasteiger partial charge in [-0.2, -0.15) is 5.10 Å². The third-order valence-corrected chi connectivity index (χ3v) is 3.64. The Balaban J connectivity index is 1.89. The molecule has 0 fully saturated rings. The number of ether oxygens (including phenoxy) is 1. The van der Waals surface area contributed by atoms with Gasteiger partial charge in [0.15, 0.2) is 11.6 Å². The molecule has 0 N–H and O–H groups in total. The second-order valence-electron chi connectivity index (χ2n) is 5.42. The van der Waals surface area contributed by atoms with Crippen LogP contribution in [0.25, 0.3) is 11.3 Å². The molecule has 1 heterocycles. The fourth-order valence-electron chi connectivity index (χ4n) is 2.42. The Morgan fingerprint density at radius 3 is 2.44 bits per heavy atom. The number of aromatic nitrogens is 2. The molecule has 4 nitrogen and oxygen atoms in total. The van der Waals surface area contributed by atoms with E-state index in [9.17, 15) is 13.6 Å². The normalized spacial score (nSPS) is 10.7. The van der Waals surface area contributed by atoms with Crippen molar-refractivity contribution in [3.05, 3.63) is 82.1 Å². The third-order valence-electron chi connectivity index (χ3n) is 3.64. The monoisotopic (exact) mass is 342 g/mol. The van der Waals surface area contributed by atoms with E-state index in [-0.39, 0.29) is 12.1 Å². The lowest BCUT2D eigenvalue weighted by Crippen LogP contribution is -2.22. The van der Waals surface area contributed by atoms with E-state index in [1.807, 2.05) is 31.2 Å². The topological polar surface area (TPSA) is 44.1 Å². The lowest BCUT2D eigenvalue weighted by molar-refractivity contribution is 0.340. The number of hydrogen-bond donors (Lipinski definition) is 0. The van der Waals surface area contributed by atoms with Crippen LogP contribution < -0.4 is 10.3 Å². The van der Waals surface area contributed by atoms with Crippen LogP contribution in [0.15, 0.2) is 59.4 Å². The summed E-state index contributed by atoms with van der Waals surface area (Å²) >= 11 is 0. The van der Waals surface area contributed by atoms with Gasteiger partial charge in [0.25, 0.3) is 5.56 Å². The van der Waals surface area contributed by atoms with Crippen molar-refractivity contribution in [1.82, 2.24) is 9.78 Å². The standard InChI is InChI=1S/C19H16F2N2O2/c1-2-25-15-6-4-14(5-7-15)18-9-10-19(24)23(22-18)12-13-3-8-16(20)17(21)11-13/h3-11H,2,12H2,1H3. The van der Waals surface area contributed by atoms with Crippen LogP contribution in [-0.2, 0) is 6.54 Å². The van der Waals surface area contributed by atoms with Gasteiger partial charge in [-0.1, -0.05) is 6.07 Å². The zero-order valence-corrected chi connectivity index (χ0v) is 13.6. The molecule has 3 rings (SSSR count). The Kier molecular flexibility index (Phi) is 4.88. The Hall–Kier alpha value is -3.02. The minimum Gasteiger partial charge on any atom is -0.494 e. The highest BCUT2D eigenvalue weighted by molar-refractivity contribution is 5.59. The van der Waals surface area contributed by atoms with Crippen molar-refractivity contribution in [1.29, 1.82) is 0 Å². The molecule has 6 heteroatoms. The quantitative estimate of drug-likeness (QED) is 0.711. The highest BCUT2D eigenvalue weighted by Gasteiger charge is 2.07. The highest BCUT2D eigenvalue weighted by Crippen LogP contribution is 2.20. The lowest BCUT2D eigenvalue weighted by Gasteiger charge is -2.08. The number of benzene rings is 2. The van der Waals surface area contributed by atoms with E-state index in [4.69, 9.17) is 4.74 Å². The van der Waals surface area contributed by atoms with Crippen LogP contribution in [-0.4, -0.2) is 16.4 Å². The first-order valence-corrected chi connectivity index (χ1v) is 7.82. The lowest BCUT2D eigenvalue weighted by atomic mass is 10.1. The Labute approximate surface area is 143 Å². The second kappa shape index (κ2) is 7.25. The molecule has 1 aromatic heterocycles. The highest BCUT2D eigenvalue weighted by atomic mass is 19.2. The summed E-state index contributed by atoms with van der Waals surface area (Å²) in [5.41, 5.74) is 1.56. The van der Waals surface area contributed by atoms with Gasteiger partial charge in [0.2, 0.25) is 0 Å². The number of nitrogens with zero attached hydrogens (tertiary/aromatic N) is 2. The summed E-state index contributed by atoms with van der Waals surface area (Å²) in [4.78, 5) is 12.0. The van der Waals surface area contributed by atoms with Gasteiger partial charge in [-0.25, -0.2) is 13.5 Å². The van der Waals surface area contributed by atoms with Gasteiger partial charge in [-0.15, -0.1) is 0 Å². The van der Waals surface area contributed by atoms with Crippen LogP contribution >= 0.6 is 0 Å². The molecule has 0 atom stereocenters. The summed E-state index contributed by atoms with van der Waals surface area (Å²) in [7, 11) is 0. The largest absolute Gasteiger partial charge is 0.494 e. The molecule has 0 saturated heterocycles. The molecule has 128 valence electrons. The van der Waals surface area contributed by atoms with Crippen molar-refractivity contribution in [2.24, 2.45) is 0 Å². The second-order valence-corrected chi connectivity index (χ2v) is 5.42. The Morgan fingerprint density at radius 1 is 1.00 bits per heavy atom. The van der Waals surface area contributed by atoms with Crippen LogP contribution in [0.3, 0.4) is 0 Å². The van der Waals surface area contributed by atoms with E-state index in [0.717, 1.165) is 23.4 Å². The van der Waals surface area contributed by atoms with Crippen LogP contribution in [0.5, 0.6) is 5.75 Å². The molecule has 0 saturated carbocycles. The van der Waals surface area contributed by atoms with E-state index in [2.05, 4.69) is 5.10 Å². The Morgan fingerprint density at radius 2 is 1.76 bits per heavy atom. The molecule has 2 aromatic carbocycles. The van der Waals surface area contributed by atoms with Crippen LogP contribution in [0, 0.1) is 11.6 Å². The van der Waals surface area contributed by atoms with Gasteiger partial charge in [0.1, 0.15) is 5.75 Å². The van der Waals surface area contributed by atoms with Gasteiger partial charge in [-0.05, 0) is 55.0 Å². The predicted molar refractivity (Wildman–Crippen MR) is 90.6 cm³/mol. The van der Waals surface area contributed by atoms with Gasteiger partial charge in [0.05, 0.1) is 18.8 Å². The fourth-order valence-corrected chi connectivity index (χ4v) is 2.42. The van der Waals surface area contributed by atoms with Crippen molar-refractivity contribution in [2.45, 2.75) is 13.5 Å². The molecule has 0 unspecified atom stereocenters. The molecule has 3 aromatic rings. The van der Waals surface area contributed by atoms with E-state index in [1.54, 1.807) is 6.07 Å². The van der Waals surface area contributed by atoms with E-state index < -0.39 is 11.6 Å². The van der Waals surface area contributed by atoms with Crippen LogP contribution in [0.2, 0.25) is 0 Å². The first kappa shape index (κ1) is 16.8. The molecular formula is C19H16F2N2O2. The number of halogens is 2. The minimum absolute atomic E-state index is 0.0565. The zero-order valence-electron chi connectivity index (χ0n) is 13.6.